The number of nitrogens with zero attached hydrogens (tertiary/aromatic N) is 3. The Hall–Kier alpha value is -3.53. The van der Waals surface area contributed by atoms with Gasteiger partial charge >= 0.3 is 6.18 Å². The number of aromatic amines is 1. The number of hydrogen-bond donors (Lipinski definition) is 1. The van der Waals surface area contributed by atoms with Gasteiger partial charge in [0.25, 0.3) is 5.91 Å². The van der Waals surface area contributed by atoms with Gasteiger partial charge in [-0.2, -0.15) is 24.9 Å². The Morgan fingerprint density at radius 1 is 1.00 bits per heavy atom. The SMILES string of the molecule is O=C(c1ccc(-c2ncc(-c3c(-c4ccccc4)noc3C(F)(F)F)[nH]2)cc1)N1CCSCC1. The largest absolute Gasteiger partial charge is 0.453 e. The number of carbonyl (C=O) groups excluding carboxylic acids is 1. The molecule has 1 amide bonds. The third kappa shape index (κ3) is 4.33. The summed E-state index contributed by atoms with van der Waals surface area (Å²) < 4.78 is 45.7. The lowest BCUT2D eigenvalue weighted by molar-refractivity contribution is -0.154. The van der Waals surface area contributed by atoms with Crippen LogP contribution in [-0.4, -0.2) is 50.5 Å². The van der Waals surface area contributed by atoms with Crippen molar-refractivity contribution < 1.29 is 22.5 Å². The van der Waals surface area contributed by atoms with Gasteiger partial charge in [-0.15, -0.1) is 0 Å². The van der Waals surface area contributed by atoms with E-state index in [1.54, 1.807) is 54.6 Å². The van der Waals surface area contributed by atoms with Crippen molar-refractivity contribution in [3.8, 4) is 33.9 Å². The molecule has 1 N–H and O–H groups in total. The Balaban J connectivity index is 1.46. The van der Waals surface area contributed by atoms with E-state index in [0.717, 1.165) is 24.6 Å². The Morgan fingerprint density at radius 3 is 2.38 bits per heavy atom. The third-order valence-corrected chi connectivity index (χ3v) is 6.49. The number of H-pyrrole nitrogens is 1. The van der Waals surface area contributed by atoms with Crippen LogP contribution in [0.4, 0.5) is 13.2 Å². The summed E-state index contributed by atoms with van der Waals surface area (Å²) in [4.78, 5) is 21.7. The maximum atomic E-state index is 13.7. The number of hydrogen-bond acceptors (Lipinski definition) is 5. The number of thioether (sulfide) groups is 1. The fourth-order valence-corrected chi connectivity index (χ4v) is 4.74. The topological polar surface area (TPSA) is 75.0 Å². The number of imidazole rings is 1. The van der Waals surface area contributed by atoms with Crippen LogP contribution in [0.25, 0.3) is 33.9 Å². The summed E-state index contributed by atoms with van der Waals surface area (Å²) in [5.41, 5.74) is 1.70. The Bertz CT molecular complexity index is 1290. The van der Waals surface area contributed by atoms with Crippen molar-refractivity contribution in [2.24, 2.45) is 0 Å². The molecule has 2 aromatic carbocycles. The molecular weight excluding hydrogens is 465 g/mol. The van der Waals surface area contributed by atoms with E-state index in [2.05, 4.69) is 15.1 Å². The van der Waals surface area contributed by atoms with Gasteiger partial charge in [0, 0.05) is 41.3 Å². The van der Waals surface area contributed by atoms with Gasteiger partial charge in [0.15, 0.2) is 0 Å². The van der Waals surface area contributed by atoms with E-state index < -0.39 is 11.9 Å². The highest BCUT2D eigenvalue weighted by atomic mass is 32.2. The lowest BCUT2D eigenvalue weighted by atomic mass is 10.0. The molecule has 10 heteroatoms. The molecule has 1 saturated heterocycles. The lowest BCUT2D eigenvalue weighted by Crippen LogP contribution is -2.37. The maximum absolute atomic E-state index is 13.7. The molecule has 4 aromatic rings. The number of benzene rings is 2. The van der Waals surface area contributed by atoms with Gasteiger partial charge in [0.1, 0.15) is 11.5 Å². The van der Waals surface area contributed by atoms with E-state index in [9.17, 15) is 18.0 Å². The summed E-state index contributed by atoms with van der Waals surface area (Å²) in [5, 5.41) is 3.70. The van der Waals surface area contributed by atoms with E-state index in [1.165, 1.54) is 6.20 Å². The maximum Gasteiger partial charge on any atom is 0.453 e. The van der Waals surface area contributed by atoms with Crippen molar-refractivity contribution in [3.63, 3.8) is 0 Å². The highest BCUT2D eigenvalue weighted by molar-refractivity contribution is 7.99. The monoisotopic (exact) mass is 484 g/mol. The number of halogens is 3. The molecule has 5 rings (SSSR count). The molecule has 1 aliphatic heterocycles. The summed E-state index contributed by atoms with van der Waals surface area (Å²) in [6, 6.07) is 15.4. The lowest BCUT2D eigenvalue weighted by Gasteiger charge is -2.26. The zero-order valence-electron chi connectivity index (χ0n) is 17.8. The van der Waals surface area contributed by atoms with Crippen LogP contribution in [0.2, 0.25) is 0 Å². The van der Waals surface area contributed by atoms with Gasteiger partial charge in [-0.1, -0.05) is 47.6 Å². The number of aromatic nitrogens is 3. The fourth-order valence-electron chi connectivity index (χ4n) is 3.84. The van der Waals surface area contributed by atoms with Crippen LogP contribution in [0.5, 0.6) is 0 Å². The predicted molar refractivity (Wildman–Crippen MR) is 123 cm³/mol. The highest BCUT2D eigenvalue weighted by Crippen LogP contribution is 2.42. The smallest absolute Gasteiger partial charge is 0.350 e. The summed E-state index contributed by atoms with van der Waals surface area (Å²) in [5.74, 6) is 0.997. The van der Waals surface area contributed by atoms with Gasteiger partial charge < -0.3 is 14.4 Å². The van der Waals surface area contributed by atoms with Gasteiger partial charge in [-0.3, -0.25) is 4.79 Å². The molecule has 0 aliphatic carbocycles. The molecule has 34 heavy (non-hydrogen) atoms. The van der Waals surface area contributed by atoms with Crippen LogP contribution in [0.3, 0.4) is 0 Å². The minimum absolute atomic E-state index is 0.0289. The first kappa shape index (κ1) is 22.3. The van der Waals surface area contributed by atoms with Gasteiger partial charge in [-0.25, -0.2) is 4.98 Å². The summed E-state index contributed by atoms with van der Waals surface area (Å²) in [6.07, 6.45) is -3.40. The standard InChI is InChI=1S/C24H19F3N4O2S/c25-24(26,27)21-19(20(30-33-21)15-4-2-1-3-5-15)18-14-28-22(29-18)16-6-8-17(9-7-16)23(32)31-10-12-34-13-11-31/h1-9,14H,10-13H2,(H,28,29). The molecule has 0 bridgehead atoms. The average molecular weight is 485 g/mol. The van der Waals surface area contributed by atoms with Crippen LogP contribution >= 0.6 is 11.8 Å². The van der Waals surface area contributed by atoms with Crippen molar-refractivity contribution in [1.29, 1.82) is 0 Å². The van der Waals surface area contributed by atoms with E-state index in [1.807, 2.05) is 16.7 Å². The molecule has 3 heterocycles. The highest BCUT2D eigenvalue weighted by Gasteiger charge is 2.41. The average Bonchev–Trinajstić information content (AvgIpc) is 3.52. The fraction of sp³-hybridized carbons (Fsp3) is 0.208. The number of amides is 1. The second-order valence-corrected chi connectivity index (χ2v) is 8.95. The van der Waals surface area contributed by atoms with Crippen LogP contribution in [0, 0.1) is 0 Å². The van der Waals surface area contributed by atoms with E-state index in [0.29, 0.717) is 22.5 Å². The van der Waals surface area contributed by atoms with Gasteiger partial charge in [0.2, 0.25) is 5.76 Å². The zero-order valence-corrected chi connectivity index (χ0v) is 18.6. The molecule has 0 saturated carbocycles. The second kappa shape index (κ2) is 9.02. The first-order valence-electron chi connectivity index (χ1n) is 10.6. The van der Waals surface area contributed by atoms with Crippen molar-refractivity contribution in [2.75, 3.05) is 24.6 Å². The molecule has 1 fully saturated rings. The van der Waals surface area contributed by atoms with E-state index in [-0.39, 0.29) is 22.9 Å². The van der Waals surface area contributed by atoms with Crippen LogP contribution < -0.4 is 0 Å². The van der Waals surface area contributed by atoms with E-state index >= 15 is 0 Å². The number of nitrogens with one attached hydrogen (secondary N) is 1. The first-order chi connectivity index (χ1) is 16.4. The Morgan fingerprint density at radius 2 is 1.71 bits per heavy atom. The van der Waals surface area contributed by atoms with E-state index in [4.69, 9.17) is 4.52 Å². The molecule has 1 aliphatic rings. The molecule has 6 nitrogen and oxygen atoms in total. The third-order valence-electron chi connectivity index (χ3n) is 5.55. The molecule has 0 unspecified atom stereocenters. The summed E-state index contributed by atoms with van der Waals surface area (Å²) in [7, 11) is 0. The summed E-state index contributed by atoms with van der Waals surface area (Å²) in [6.45, 7) is 1.44. The molecule has 2 aromatic heterocycles. The van der Waals surface area contributed by atoms with Crippen LogP contribution in [0.1, 0.15) is 16.1 Å². The molecule has 0 radical (unpaired) electrons. The van der Waals surface area contributed by atoms with Crippen molar-refractivity contribution in [1.82, 2.24) is 20.0 Å². The Kier molecular flexibility index (Phi) is 5.91. The summed E-state index contributed by atoms with van der Waals surface area (Å²) >= 11 is 1.83. The van der Waals surface area contributed by atoms with Crippen molar-refractivity contribution in [2.45, 2.75) is 6.18 Å². The molecule has 0 spiro atoms. The molecule has 174 valence electrons. The van der Waals surface area contributed by atoms with Gasteiger partial charge in [-0.05, 0) is 12.1 Å². The molecule has 0 atom stereocenters. The van der Waals surface area contributed by atoms with Crippen molar-refractivity contribution >= 4 is 17.7 Å². The quantitative estimate of drug-likeness (QED) is 0.408. The minimum atomic E-state index is -4.73. The number of rotatable bonds is 4. The normalized spacial score (nSPS) is 14.4. The minimum Gasteiger partial charge on any atom is -0.350 e. The predicted octanol–water partition coefficient (Wildman–Crippen LogP) is 5.61. The zero-order chi connectivity index (χ0) is 23.7. The van der Waals surface area contributed by atoms with Crippen LogP contribution in [-0.2, 0) is 6.18 Å². The molecular formula is C24H19F3N4O2S. The van der Waals surface area contributed by atoms with Crippen LogP contribution in [0.15, 0.2) is 65.3 Å². The van der Waals surface area contributed by atoms with Crippen molar-refractivity contribution in [3.05, 3.63) is 72.1 Å². The van der Waals surface area contributed by atoms with Gasteiger partial charge in [0.05, 0.1) is 17.5 Å². The second-order valence-electron chi connectivity index (χ2n) is 7.73. The Labute approximate surface area is 197 Å². The first-order valence-corrected chi connectivity index (χ1v) is 11.7. The number of carbonyl (C=O) groups is 1. The number of alkyl halides is 3.